The van der Waals surface area contributed by atoms with E-state index in [1.54, 1.807) is 6.07 Å². The van der Waals surface area contributed by atoms with Gasteiger partial charge in [0.05, 0.1) is 13.4 Å². The van der Waals surface area contributed by atoms with Gasteiger partial charge in [0.15, 0.2) is 6.10 Å². The largest absolute Gasteiger partial charge is 0.480 e. The van der Waals surface area contributed by atoms with Crippen molar-refractivity contribution in [2.75, 3.05) is 7.11 Å². The van der Waals surface area contributed by atoms with Gasteiger partial charge in [-0.05, 0) is 18.6 Å². The van der Waals surface area contributed by atoms with Gasteiger partial charge in [0.25, 0.3) is 0 Å². The van der Waals surface area contributed by atoms with Crippen LogP contribution in [0.3, 0.4) is 0 Å². The summed E-state index contributed by atoms with van der Waals surface area (Å²) in [5.74, 6) is 0.754. The molecule has 2 aromatic rings. The average Bonchev–Trinajstić information content (AvgIpc) is 2.74. The first-order chi connectivity index (χ1) is 7.74. The lowest BCUT2D eigenvalue weighted by Gasteiger charge is -2.10. The summed E-state index contributed by atoms with van der Waals surface area (Å²) in [5.41, 5.74) is 1.21. The van der Waals surface area contributed by atoms with Crippen molar-refractivity contribution in [3.8, 4) is 5.88 Å². The lowest BCUT2D eigenvalue weighted by molar-refractivity contribution is 0.178. The second-order valence-electron chi connectivity index (χ2n) is 3.32. The lowest BCUT2D eigenvalue weighted by Crippen LogP contribution is -2.06. The molecule has 0 aromatic carbocycles. The van der Waals surface area contributed by atoms with Crippen LogP contribution < -0.4 is 4.74 Å². The number of methoxy groups -OCH3 is 1. The van der Waals surface area contributed by atoms with E-state index in [4.69, 9.17) is 9.15 Å². The Kier molecular flexibility index (Phi) is 2.87. The number of hydrogen-bond acceptors (Lipinski definition) is 5. The van der Waals surface area contributed by atoms with Crippen molar-refractivity contribution in [1.82, 2.24) is 9.97 Å². The van der Waals surface area contributed by atoms with Crippen LogP contribution in [0.25, 0.3) is 0 Å². The van der Waals surface area contributed by atoms with Crippen molar-refractivity contribution < 1.29 is 14.3 Å². The SMILES string of the molecule is COc1nccnc1C(O)c1occc1C. The molecule has 0 saturated carbocycles. The number of ether oxygens (including phenoxy) is 1. The topological polar surface area (TPSA) is 68.4 Å². The number of hydrogen-bond donors (Lipinski definition) is 1. The van der Waals surface area contributed by atoms with Crippen LogP contribution in [0.1, 0.15) is 23.1 Å². The molecular weight excluding hydrogens is 208 g/mol. The van der Waals surface area contributed by atoms with E-state index in [1.807, 2.05) is 6.92 Å². The standard InChI is InChI=1S/C11H12N2O3/c1-7-3-6-16-10(7)9(14)8-11(15-2)13-5-4-12-8/h3-6,9,14H,1-2H3. The highest BCUT2D eigenvalue weighted by molar-refractivity contribution is 5.29. The Labute approximate surface area is 92.7 Å². The Morgan fingerprint density at radius 2 is 2.12 bits per heavy atom. The zero-order valence-electron chi connectivity index (χ0n) is 9.04. The highest BCUT2D eigenvalue weighted by Crippen LogP contribution is 2.28. The number of furan rings is 1. The Balaban J connectivity index is 2.41. The molecule has 0 radical (unpaired) electrons. The number of aliphatic hydroxyl groups is 1. The Hall–Kier alpha value is -1.88. The zero-order chi connectivity index (χ0) is 11.5. The van der Waals surface area contributed by atoms with E-state index < -0.39 is 6.10 Å². The van der Waals surface area contributed by atoms with Gasteiger partial charge in [0, 0.05) is 12.4 Å². The molecular formula is C11H12N2O3. The molecule has 5 nitrogen and oxygen atoms in total. The molecule has 0 saturated heterocycles. The van der Waals surface area contributed by atoms with Crippen molar-refractivity contribution in [3.05, 3.63) is 41.7 Å². The van der Waals surface area contributed by atoms with Crippen LogP contribution in [-0.4, -0.2) is 22.2 Å². The minimum absolute atomic E-state index is 0.297. The van der Waals surface area contributed by atoms with Crippen LogP contribution in [0.5, 0.6) is 5.88 Å². The van der Waals surface area contributed by atoms with E-state index in [0.717, 1.165) is 5.56 Å². The van der Waals surface area contributed by atoms with Crippen molar-refractivity contribution in [1.29, 1.82) is 0 Å². The van der Waals surface area contributed by atoms with E-state index in [0.29, 0.717) is 17.3 Å². The first-order valence-electron chi connectivity index (χ1n) is 4.81. The molecule has 16 heavy (non-hydrogen) atoms. The quantitative estimate of drug-likeness (QED) is 0.848. The normalized spacial score (nSPS) is 12.4. The molecule has 2 aromatic heterocycles. The van der Waals surface area contributed by atoms with Gasteiger partial charge in [0.1, 0.15) is 11.5 Å². The molecule has 0 fully saturated rings. The Bertz CT molecular complexity index is 482. The van der Waals surface area contributed by atoms with Gasteiger partial charge in [-0.3, -0.25) is 4.98 Å². The van der Waals surface area contributed by atoms with Gasteiger partial charge in [-0.2, -0.15) is 0 Å². The maximum absolute atomic E-state index is 10.1. The molecule has 0 aliphatic rings. The summed E-state index contributed by atoms with van der Waals surface area (Å²) < 4.78 is 10.2. The smallest absolute Gasteiger partial charge is 0.238 e. The fourth-order valence-corrected chi connectivity index (χ4v) is 1.47. The third-order valence-corrected chi connectivity index (χ3v) is 2.29. The number of rotatable bonds is 3. The van der Waals surface area contributed by atoms with Crippen molar-refractivity contribution in [2.45, 2.75) is 13.0 Å². The molecule has 5 heteroatoms. The molecule has 1 unspecified atom stereocenters. The molecule has 2 heterocycles. The molecule has 0 aliphatic heterocycles. The van der Waals surface area contributed by atoms with E-state index in [-0.39, 0.29) is 0 Å². The number of aromatic nitrogens is 2. The first-order valence-corrected chi connectivity index (χ1v) is 4.81. The maximum Gasteiger partial charge on any atom is 0.238 e. The van der Waals surface area contributed by atoms with Gasteiger partial charge >= 0.3 is 0 Å². The monoisotopic (exact) mass is 220 g/mol. The molecule has 2 rings (SSSR count). The van der Waals surface area contributed by atoms with Crippen LogP contribution in [0.4, 0.5) is 0 Å². The summed E-state index contributed by atoms with van der Waals surface area (Å²) in [6, 6.07) is 1.78. The van der Waals surface area contributed by atoms with Gasteiger partial charge in [-0.25, -0.2) is 4.98 Å². The number of nitrogens with zero attached hydrogens (tertiary/aromatic N) is 2. The molecule has 1 atom stereocenters. The minimum atomic E-state index is -0.960. The van der Waals surface area contributed by atoms with Crippen molar-refractivity contribution in [3.63, 3.8) is 0 Å². The highest BCUT2D eigenvalue weighted by Gasteiger charge is 2.22. The second-order valence-corrected chi connectivity index (χ2v) is 3.32. The van der Waals surface area contributed by atoms with Gasteiger partial charge in [0.2, 0.25) is 5.88 Å². The highest BCUT2D eigenvalue weighted by atomic mass is 16.5. The summed E-state index contributed by atoms with van der Waals surface area (Å²) in [7, 11) is 1.48. The minimum Gasteiger partial charge on any atom is -0.480 e. The van der Waals surface area contributed by atoms with E-state index >= 15 is 0 Å². The third kappa shape index (κ3) is 1.77. The number of aliphatic hydroxyl groups excluding tert-OH is 1. The predicted octanol–water partition coefficient (Wildman–Crippen LogP) is 1.47. The van der Waals surface area contributed by atoms with Crippen LogP contribution in [0.2, 0.25) is 0 Å². The maximum atomic E-state index is 10.1. The van der Waals surface area contributed by atoms with Crippen LogP contribution in [-0.2, 0) is 0 Å². The van der Waals surface area contributed by atoms with Crippen molar-refractivity contribution >= 4 is 0 Å². The molecule has 0 aliphatic carbocycles. The van der Waals surface area contributed by atoms with Crippen LogP contribution in [0, 0.1) is 6.92 Å². The van der Waals surface area contributed by atoms with Crippen LogP contribution >= 0.6 is 0 Å². The Morgan fingerprint density at radius 3 is 2.75 bits per heavy atom. The summed E-state index contributed by atoms with van der Waals surface area (Å²) >= 11 is 0. The summed E-state index contributed by atoms with van der Waals surface area (Å²) in [6.45, 7) is 1.85. The molecule has 0 spiro atoms. The molecule has 84 valence electrons. The van der Waals surface area contributed by atoms with Crippen LogP contribution in [0.15, 0.2) is 29.1 Å². The lowest BCUT2D eigenvalue weighted by atomic mass is 10.1. The Morgan fingerprint density at radius 1 is 1.38 bits per heavy atom. The van der Waals surface area contributed by atoms with Crippen molar-refractivity contribution in [2.24, 2.45) is 0 Å². The van der Waals surface area contributed by atoms with E-state index in [2.05, 4.69) is 9.97 Å². The van der Waals surface area contributed by atoms with E-state index in [1.165, 1.54) is 25.8 Å². The second kappa shape index (κ2) is 4.32. The van der Waals surface area contributed by atoms with Gasteiger partial charge < -0.3 is 14.3 Å². The summed E-state index contributed by atoms with van der Waals surface area (Å²) in [4.78, 5) is 8.02. The fourth-order valence-electron chi connectivity index (χ4n) is 1.47. The third-order valence-electron chi connectivity index (χ3n) is 2.29. The molecule has 0 bridgehead atoms. The summed E-state index contributed by atoms with van der Waals surface area (Å²) in [5, 5.41) is 10.1. The number of aryl methyl sites for hydroxylation is 1. The molecule has 1 N–H and O–H groups in total. The first kappa shape index (κ1) is 10.6. The van der Waals surface area contributed by atoms with Gasteiger partial charge in [-0.1, -0.05) is 0 Å². The van der Waals surface area contributed by atoms with Gasteiger partial charge in [-0.15, -0.1) is 0 Å². The van der Waals surface area contributed by atoms with E-state index in [9.17, 15) is 5.11 Å². The predicted molar refractivity (Wildman–Crippen MR) is 56.1 cm³/mol. The summed E-state index contributed by atoms with van der Waals surface area (Å²) in [6.07, 6.45) is 3.57. The fraction of sp³-hybridized carbons (Fsp3) is 0.273. The molecule has 0 amide bonds. The average molecular weight is 220 g/mol. The zero-order valence-corrected chi connectivity index (χ0v) is 9.04.